The Kier molecular flexibility index (Phi) is 5.52. The van der Waals surface area contributed by atoms with Crippen LogP contribution in [-0.4, -0.2) is 31.3 Å². The summed E-state index contributed by atoms with van der Waals surface area (Å²) < 4.78 is 25.1. The number of guanidine groups is 1. The summed E-state index contributed by atoms with van der Waals surface area (Å²) in [6, 6.07) is 4.91. The molecule has 1 aromatic heterocycles. The highest BCUT2D eigenvalue weighted by molar-refractivity contribution is 14.0. The van der Waals surface area contributed by atoms with Gasteiger partial charge in [-0.1, -0.05) is 0 Å². The molecule has 25 heavy (non-hydrogen) atoms. The van der Waals surface area contributed by atoms with Crippen molar-refractivity contribution in [2.45, 2.75) is 51.0 Å². The predicted octanol–water partition coefficient (Wildman–Crippen LogP) is 3.48. The zero-order valence-electron chi connectivity index (χ0n) is 14.3. The van der Waals surface area contributed by atoms with E-state index in [1.165, 1.54) is 18.6 Å². The van der Waals surface area contributed by atoms with Crippen LogP contribution in [0.4, 0.5) is 4.39 Å². The van der Waals surface area contributed by atoms with Crippen molar-refractivity contribution in [1.29, 1.82) is 0 Å². The lowest BCUT2D eigenvalue weighted by atomic mass is 9.96. The normalized spacial score (nSPS) is 25.2. The average molecular weight is 459 g/mol. The number of ether oxygens (including phenoxy) is 1. The van der Waals surface area contributed by atoms with E-state index in [1.54, 1.807) is 13.1 Å². The van der Waals surface area contributed by atoms with Gasteiger partial charge in [-0.15, -0.1) is 24.0 Å². The van der Waals surface area contributed by atoms with Crippen LogP contribution >= 0.6 is 24.0 Å². The minimum absolute atomic E-state index is 0. The molecule has 4 rings (SSSR count). The van der Waals surface area contributed by atoms with E-state index in [9.17, 15) is 4.39 Å². The molecular formula is C18H23FIN3O2. The maximum atomic E-state index is 13.4. The molecule has 2 N–H and O–H groups in total. The molecule has 136 valence electrons. The number of hydrogen-bond acceptors (Lipinski definition) is 3. The molecule has 0 amide bonds. The van der Waals surface area contributed by atoms with E-state index in [2.05, 4.69) is 15.6 Å². The van der Waals surface area contributed by atoms with Crippen molar-refractivity contribution in [2.24, 2.45) is 4.99 Å². The Morgan fingerprint density at radius 2 is 2.20 bits per heavy atom. The van der Waals surface area contributed by atoms with Gasteiger partial charge < -0.3 is 19.8 Å². The average Bonchev–Trinajstić information content (AvgIpc) is 3.27. The summed E-state index contributed by atoms with van der Waals surface area (Å²) in [4.78, 5) is 4.29. The fraction of sp³-hybridized carbons (Fsp3) is 0.500. The molecule has 3 unspecified atom stereocenters. The number of halogens is 2. The Balaban J connectivity index is 0.00000182. The number of fused-ring (bicyclic) bond motifs is 3. The number of benzene rings is 1. The third kappa shape index (κ3) is 3.62. The third-order valence-electron chi connectivity index (χ3n) is 5.07. The summed E-state index contributed by atoms with van der Waals surface area (Å²) in [5.74, 6) is 1.28. The zero-order valence-corrected chi connectivity index (χ0v) is 16.7. The Morgan fingerprint density at radius 3 is 2.88 bits per heavy atom. The maximum Gasteiger partial charge on any atom is 0.191 e. The van der Waals surface area contributed by atoms with Gasteiger partial charge in [0.1, 0.15) is 17.2 Å². The summed E-state index contributed by atoms with van der Waals surface area (Å²) in [5, 5.41) is 7.54. The Labute approximate surface area is 163 Å². The van der Waals surface area contributed by atoms with Crippen molar-refractivity contribution < 1.29 is 13.5 Å². The van der Waals surface area contributed by atoms with Gasteiger partial charge >= 0.3 is 0 Å². The van der Waals surface area contributed by atoms with Gasteiger partial charge in [0.25, 0.3) is 0 Å². The molecule has 1 aromatic carbocycles. The van der Waals surface area contributed by atoms with E-state index >= 15 is 0 Å². The molecule has 2 aliphatic rings. The van der Waals surface area contributed by atoms with E-state index in [1.807, 2.05) is 6.92 Å². The topological polar surface area (TPSA) is 58.8 Å². The minimum Gasteiger partial charge on any atom is -0.459 e. The molecular weight excluding hydrogens is 436 g/mol. The quantitative estimate of drug-likeness (QED) is 0.419. The van der Waals surface area contributed by atoms with Crippen LogP contribution in [-0.2, 0) is 11.3 Å². The number of aliphatic imine (C=N–C) groups is 1. The molecule has 2 aliphatic heterocycles. The monoisotopic (exact) mass is 459 g/mol. The molecule has 0 radical (unpaired) electrons. The van der Waals surface area contributed by atoms with Crippen LogP contribution in [0.1, 0.15) is 30.6 Å². The lowest BCUT2D eigenvalue weighted by Gasteiger charge is -2.22. The molecule has 2 aromatic rings. The summed E-state index contributed by atoms with van der Waals surface area (Å²) >= 11 is 0. The first kappa shape index (κ1) is 18.4. The second-order valence-corrected chi connectivity index (χ2v) is 6.58. The van der Waals surface area contributed by atoms with Crippen LogP contribution in [0.5, 0.6) is 0 Å². The Bertz CT molecular complexity index is 792. The highest BCUT2D eigenvalue weighted by Crippen LogP contribution is 2.34. The smallest absolute Gasteiger partial charge is 0.191 e. The SMILES string of the molecule is CN=C(NCc1oc2ccc(F)cc2c1C)NC1CC2CCC1O2.I. The van der Waals surface area contributed by atoms with Gasteiger partial charge in [0.2, 0.25) is 0 Å². The highest BCUT2D eigenvalue weighted by atomic mass is 127. The van der Waals surface area contributed by atoms with Crippen molar-refractivity contribution in [3.63, 3.8) is 0 Å². The van der Waals surface area contributed by atoms with Gasteiger partial charge in [-0.2, -0.15) is 0 Å². The van der Waals surface area contributed by atoms with Gasteiger partial charge in [-0.05, 0) is 44.4 Å². The number of nitrogens with one attached hydrogen (secondary N) is 2. The van der Waals surface area contributed by atoms with E-state index in [4.69, 9.17) is 9.15 Å². The van der Waals surface area contributed by atoms with Crippen LogP contribution in [0.3, 0.4) is 0 Å². The van der Waals surface area contributed by atoms with Crippen molar-refractivity contribution in [3.05, 3.63) is 35.3 Å². The molecule has 0 aliphatic carbocycles. The number of nitrogens with zero attached hydrogens (tertiary/aromatic N) is 1. The molecule has 0 spiro atoms. The van der Waals surface area contributed by atoms with Crippen LogP contribution in [0.15, 0.2) is 27.6 Å². The van der Waals surface area contributed by atoms with Gasteiger partial charge in [0.05, 0.1) is 24.8 Å². The summed E-state index contributed by atoms with van der Waals surface area (Å²) in [5.41, 5.74) is 1.66. The third-order valence-corrected chi connectivity index (χ3v) is 5.07. The van der Waals surface area contributed by atoms with Crippen LogP contribution < -0.4 is 10.6 Å². The fourth-order valence-corrected chi connectivity index (χ4v) is 3.74. The summed E-state index contributed by atoms with van der Waals surface area (Å²) in [6.07, 6.45) is 4.02. The molecule has 3 heterocycles. The first-order chi connectivity index (χ1) is 11.6. The lowest BCUT2D eigenvalue weighted by molar-refractivity contribution is 0.0992. The minimum atomic E-state index is -0.250. The van der Waals surface area contributed by atoms with Crippen LogP contribution in [0.25, 0.3) is 11.0 Å². The van der Waals surface area contributed by atoms with Gasteiger partial charge in [0.15, 0.2) is 5.96 Å². The number of hydrogen-bond donors (Lipinski definition) is 2. The zero-order chi connectivity index (χ0) is 16.7. The summed E-state index contributed by atoms with van der Waals surface area (Å²) in [7, 11) is 1.75. The van der Waals surface area contributed by atoms with Gasteiger partial charge in [-0.25, -0.2) is 4.39 Å². The first-order valence-electron chi connectivity index (χ1n) is 8.44. The van der Waals surface area contributed by atoms with Crippen LogP contribution in [0.2, 0.25) is 0 Å². The Hall–Kier alpha value is -1.35. The Morgan fingerprint density at radius 1 is 1.36 bits per heavy atom. The van der Waals surface area contributed by atoms with Gasteiger partial charge in [0, 0.05) is 18.0 Å². The van der Waals surface area contributed by atoms with Gasteiger partial charge in [-0.3, -0.25) is 4.99 Å². The number of furan rings is 1. The van der Waals surface area contributed by atoms with Crippen molar-refractivity contribution >= 4 is 40.9 Å². The maximum absolute atomic E-state index is 13.4. The van der Waals surface area contributed by atoms with E-state index in [0.717, 1.165) is 35.5 Å². The van der Waals surface area contributed by atoms with E-state index < -0.39 is 0 Å². The van der Waals surface area contributed by atoms with Crippen LogP contribution in [0, 0.1) is 12.7 Å². The molecule has 7 heteroatoms. The molecule has 0 saturated carbocycles. The fourth-order valence-electron chi connectivity index (χ4n) is 3.74. The first-order valence-corrected chi connectivity index (χ1v) is 8.44. The second kappa shape index (κ2) is 7.49. The van der Waals surface area contributed by atoms with E-state index in [-0.39, 0.29) is 29.8 Å². The highest BCUT2D eigenvalue weighted by Gasteiger charge is 2.41. The number of aryl methyl sites for hydroxylation is 1. The number of rotatable bonds is 3. The standard InChI is InChI=1S/C18H22FN3O2.HI/c1-10-13-7-11(19)3-5-15(13)24-17(10)9-21-18(20-2)22-14-8-12-4-6-16(14)23-12;/h3,5,7,12,14,16H,4,6,8-9H2,1-2H3,(H2,20,21,22);1H. The van der Waals surface area contributed by atoms with Crippen molar-refractivity contribution in [2.75, 3.05) is 7.05 Å². The second-order valence-electron chi connectivity index (χ2n) is 6.58. The molecule has 5 nitrogen and oxygen atoms in total. The summed E-state index contributed by atoms with van der Waals surface area (Å²) in [6.45, 7) is 2.45. The predicted molar refractivity (Wildman–Crippen MR) is 106 cm³/mol. The lowest BCUT2D eigenvalue weighted by Crippen LogP contribution is -2.47. The van der Waals surface area contributed by atoms with E-state index in [0.29, 0.717) is 30.4 Å². The molecule has 2 saturated heterocycles. The largest absolute Gasteiger partial charge is 0.459 e. The molecule has 3 atom stereocenters. The van der Waals surface area contributed by atoms with Crippen molar-refractivity contribution in [1.82, 2.24) is 10.6 Å². The molecule has 2 bridgehead atoms. The van der Waals surface area contributed by atoms with Crippen molar-refractivity contribution in [3.8, 4) is 0 Å². The molecule has 2 fully saturated rings.